The zero-order valence-corrected chi connectivity index (χ0v) is 17.4. The van der Waals surface area contributed by atoms with Gasteiger partial charge in [-0.3, -0.25) is 9.69 Å². The highest BCUT2D eigenvalue weighted by Crippen LogP contribution is 2.13. The fourth-order valence-corrected chi connectivity index (χ4v) is 3.79. The van der Waals surface area contributed by atoms with Crippen LogP contribution < -0.4 is 0 Å². The third kappa shape index (κ3) is 5.10. The van der Waals surface area contributed by atoms with E-state index in [1.807, 2.05) is 35.2 Å². The molecule has 1 amide bonds. The molecule has 3 aromatic rings. The van der Waals surface area contributed by atoms with Crippen molar-refractivity contribution in [3.63, 3.8) is 0 Å². The van der Waals surface area contributed by atoms with Crippen LogP contribution in [0.2, 0.25) is 0 Å². The van der Waals surface area contributed by atoms with Gasteiger partial charge in [-0.25, -0.2) is 0 Å². The molecule has 4 rings (SSSR count). The Morgan fingerprint density at radius 3 is 2.43 bits per heavy atom. The van der Waals surface area contributed by atoms with Crippen LogP contribution in [0.15, 0.2) is 54.6 Å². The number of carbonyl (C=O) groups excluding carboxylic acids is 1. The highest BCUT2D eigenvalue weighted by atomic mass is 16.2. The van der Waals surface area contributed by atoms with Crippen molar-refractivity contribution in [2.45, 2.75) is 32.7 Å². The molecule has 156 valence electrons. The average Bonchev–Trinajstić information content (AvgIpc) is 3.23. The normalized spacial score (nSPS) is 14.8. The molecule has 0 saturated carbocycles. The van der Waals surface area contributed by atoms with Gasteiger partial charge in [-0.05, 0) is 47.9 Å². The van der Waals surface area contributed by atoms with Crippen LogP contribution in [0.5, 0.6) is 0 Å². The molecule has 0 atom stereocenters. The number of piperazine rings is 1. The Morgan fingerprint density at radius 1 is 0.967 bits per heavy atom. The fourth-order valence-electron chi connectivity index (χ4n) is 3.79. The summed E-state index contributed by atoms with van der Waals surface area (Å²) in [6.45, 7) is 5.94. The second-order valence-corrected chi connectivity index (χ2v) is 7.84. The maximum Gasteiger partial charge on any atom is 0.222 e. The molecule has 1 aromatic heterocycles. The quantitative estimate of drug-likeness (QED) is 0.606. The first-order valence-electron chi connectivity index (χ1n) is 10.6. The predicted octanol–water partition coefficient (Wildman–Crippen LogP) is 2.64. The van der Waals surface area contributed by atoms with Crippen LogP contribution in [-0.4, -0.2) is 62.1 Å². The third-order valence-corrected chi connectivity index (χ3v) is 5.60. The van der Waals surface area contributed by atoms with Gasteiger partial charge in [0.1, 0.15) is 0 Å². The number of tetrazole rings is 1. The first-order valence-corrected chi connectivity index (χ1v) is 10.6. The minimum absolute atomic E-state index is 0.259. The average molecular weight is 405 g/mol. The zero-order valence-electron chi connectivity index (χ0n) is 17.4. The zero-order chi connectivity index (χ0) is 20.8. The molecule has 0 unspecified atom stereocenters. The van der Waals surface area contributed by atoms with Crippen LogP contribution in [0.3, 0.4) is 0 Å². The van der Waals surface area contributed by atoms with E-state index in [9.17, 15) is 4.79 Å². The summed E-state index contributed by atoms with van der Waals surface area (Å²) < 4.78 is 1.79. The van der Waals surface area contributed by atoms with E-state index >= 15 is 0 Å². The van der Waals surface area contributed by atoms with Crippen molar-refractivity contribution in [3.8, 4) is 5.69 Å². The molecular weight excluding hydrogens is 376 g/mol. The fraction of sp³-hybridized carbons (Fsp3) is 0.391. The van der Waals surface area contributed by atoms with E-state index < -0.39 is 0 Å². The monoisotopic (exact) mass is 404 g/mol. The van der Waals surface area contributed by atoms with E-state index in [4.69, 9.17) is 0 Å². The van der Waals surface area contributed by atoms with Crippen molar-refractivity contribution < 1.29 is 4.79 Å². The first kappa shape index (κ1) is 20.2. The summed E-state index contributed by atoms with van der Waals surface area (Å²) in [6, 6.07) is 18.5. The number of benzene rings is 2. The van der Waals surface area contributed by atoms with Gasteiger partial charge in [-0.15, -0.1) is 5.10 Å². The summed E-state index contributed by atoms with van der Waals surface area (Å²) in [5.41, 5.74) is 3.46. The molecule has 0 bridgehead atoms. The Kier molecular flexibility index (Phi) is 6.49. The van der Waals surface area contributed by atoms with Crippen LogP contribution in [0.25, 0.3) is 5.69 Å². The SMILES string of the molecule is Cc1ccc(-n2nnnc2CN2CCN(C(=O)CCCc3ccccc3)CC2)cc1. The summed E-state index contributed by atoms with van der Waals surface area (Å²) in [5.74, 6) is 1.08. The number of rotatable bonds is 7. The van der Waals surface area contributed by atoms with E-state index in [1.165, 1.54) is 11.1 Å². The summed E-state index contributed by atoms with van der Waals surface area (Å²) in [7, 11) is 0. The van der Waals surface area contributed by atoms with Gasteiger partial charge >= 0.3 is 0 Å². The van der Waals surface area contributed by atoms with Gasteiger partial charge in [0.25, 0.3) is 0 Å². The molecule has 0 N–H and O–H groups in total. The van der Waals surface area contributed by atoms with E-state index in [0.29, 0.717) is 13.0 Å². The number of carbonyl (C=O) groups is 1. The number of hydrogen-bond acceptors (Lipinski definition) is 5. The molecule has 1 aliphatic heterocycles. The molecule has 30 heavy (non-hydrogen) atoms. The lowest BCUT2D eigenvalue weighted by atomic mass is 10.1. The maximum atomic E-state index is 12.5. The van der Waals surface area contributed by atoms with Crippen LogP contribution >= 0.6 is 0 Å². The third-order valence-electron chi connectivity index (χ3n) is 5.60. The Labute approximate surface area is 177 Å². The molecule has 1 saturated heterocycles. The van der Waals surface area contributed by atoms with E-state index in [0.717, 1.165) is 50.5 Å². The first-order chi connectivity index (χ1) is 14.7. The molecule has 0 spiro atoms. The highest BCUT2D eigenvalue weighted by Gasteiger charge is 2.22. The second kappa shape index (κ2) is 9.63. The Balaban J connectivity index is 1.25. The van der Waals surface area contributed by atoms with Crippen LogP contribution in [-0.2, 0) is 17.8 Å². The maximum absolute atomic E-state index is 12.5. The minimum atomic E-state index is 0.259. The number of aromatic nitrogens is 4. The number of aryl methyl sites for hydroxylation is 2. The summed E-state index contributed by atoms with van der Waals surface area (Å²) in [4.78, 5) is 16.8. The van der Waals surface area contributed by atoms with Crippen molar-refractivity contribution in [2.75, 3.05) is 26.2 Å². The molecule has 1 fully saturated rings. The highest BCUT2D eigenvalue weighted by molar-refractivity contribution is 5.76. The van der Waals surface area contributed by atoms with Gasteiger partial charge in [0.2, 0.25) is 5.91 Å². The lowest BCUT2D eigenvalue weighted by Gasteiger charge is -2.34. The molecule has 2 heterocycles. The molecule has 0 radical (unpaired) electrons. The van der Waals surface area contributed by atoms with E-state index in [-0.39, 0.29) is 5.91 Å². The van der Waals surface area contributed by atoms with Gasteiger partial charge in [0.05, 0.1) is 12.2 Å². The van der Waals surface area contributed by atoms with Crippen molar-refractivity contribution in [1.29, 1.82) is 0 Å². The smallest absolute Gasteiger partial charge is 0.222 e. The molecule has 0 aliphatic carbocycles. The molecular formula is C23H28N6O. The number of nitrogens with zero attached hydrogens (tertiary/aromatic N) is 6. The van der Waals surface area contributed by atoms with Crippen molar-refractivity contribution in [1.82, 2.24) is 30.0 Å². The number of amides is 1. The molecule has 1 aliphatic rings. The lowest BCUT2D eigenvalue weighted by Crippen LogP contribution is -2.48. The minimum Gasteiger partial charge on any atom is -0.340 e. The lowest BCUT2D eigenvalue weighted by molar-refractivity contribution is -0.133. The Bertz CT molecular complexity index is 945. The van der Waals surface area contributed by atoms with Gasteiger partial charge in [0.15, 0.2) is 5.82 Å². The molecule has 7 nitrogen and oxygen atoms in total. The Morgan fingerprint density at radius 2 is 1.70 bits per heavy atom. The summed E-state index contributed by atoms with van der Waals surface area (Å²) in [5, 5.41) is 12.2. The van der Waals surface area contributed by atoms with Gasteiger partial charge in [-0.1, -0.05) is 48.0 Å². The summed E-state index contributed by atoms with van der Waals surface area (Å²) in [6.07, 6.45) is 2.46. The number of hydrogen-bond donors (Lipinski definition) is 0. The topological polar surface area (TPSA) is 67.2 Å². The van der Waals surface area contributed by atoms with Crippen molar-refractivity contribution in [3.05, 3.63) is 71.5 Å². The molecule has 2 aromatic carbocycles. The van der Waals surface area contributed by atoms with Crippen LogP contribution in [0, 0.1) is 6.92 Å². The van der Waals surface area contributed by atoms with Crippen LogP contribution in [0.4, 0.5) is 0 Å². The van der Waals surface area contributed by atoms with E-state index in [1.54, 1.807) is 4.68 Å². The summed E-state index contributed by atoms with van der Waals surface area (Å²) >= 11 is 0. The van der Waals surface area contributed by atoms with Gasteiger partial charge in [0, 0.05) is 32.6 Å². The van der Waals surface area contributed by atoms with Gasteiger partial charge in [-0.2, -0.15) is 4.68 Å². The van der Waals surface area contributed by atoms with Crippen LogP contribution in [0.1, 0.15) is 29.8 Å². The molecule has 7 heteroatoms. The van der Waals surface area contributed by atoms with Crippen molar-refractivity contribution in [2.24, 2.45) is 0 Å². The largest absolute Gasteiger partial charge is 0.340 e. The standard InChI is InChI=1S/C23H28N6O/c1-19-10-12-21(13-11-19)29-22(24-25-26-29)18-27-14-16-28(17-15-27)23(30)9-5-8-20-6-3-2-4-7-20/h2-4,6-7,10-13H,5,8-9,14-18H2,1H3. The predicted molar refractivity (Wildman–Crippen MR) is 115 cm³/mol. The van der Waals surface area contributed by atoms with Crippen molar-refractivity contribution >= 4 is 5.91 Å². The Hall–Kier alpha value is -3.06. The van der Waals surface area contributed by atoms with Gasteiger partial charge < -0.3 is 4.90 Å². The van der Waals surface area contributed by atoms with E-state index in [2.05, 4.69) is 51.6 Å². The second-order valence-electron chi connectivity index (χ2n) is 7.84.